The highest BCUT2D eigenvalue weighted by Crippen LogP contribution is 2.27. The molecule has 1 amide bonds. The Kier molecular flexibility index (Phi) is 5.03. The molecule has 0 fully saturated rings. The van der Waals surface area contributed by atoms with Gasteiger partial charge in [0.15, 0.2) is 4.34 Å². The van der Waals surface area contributed by atoms with Crippen molar-refractivity contribution in [2.24, 2.45) is 0 Å². The average molecular weight is 323 g/mol. The highest BCUT2D eigenvalue weighted by molar-refractivity contribution is 8.01. The van der Waals surface area contributed by atoms with E-state index in [0.29, 0.717) is 11.4 Å². The highest BCUT2D eigenvalue weighted by atomic mass is 32.2. The van der Waals surface area contributed by atoms with E-state index in [-0.39, 0.29) is 5.91 Å². The first-order valence-electron chi connectivity index (χ1n) is 6.25. The minimum absolute atomic E-state index is 0.0746. The first-order valence-corrected chi connectivity index (χ1v) is 8.05. The topological polar surface area (TPSA) is 84.1 Å². The minimum Gasteiger partial charge on any atom is -0.399 e. The van der Waals surface area contributed by atoms with Gasteiger partial charge in [-0.2, -0.15) is 0 Å². The second-order valence-corrected chi connectivity index (χ2v) is 6.83. The molecule has 8 heteroatoms. The van der Waals surface area contributed by atoms with Crippen LogP contribution in [0.3, 0.4) is 0 Å². The number of rotatable bonds is 5. The molecule has 2 aromatic rings. The summed E-state index contributed by atoms with van der Waals surface area (Å²) in [6, 6.07) is 5.41. The zero-order chi connectivity index (χ0) is 15.4. The number of benzene rings is 1. The molecular weight excluding hydrogens is 306 g/mol. The van der Waals surface area contributed by atoms with Gasteiger partial charge in [-0.1, -0.05) is 23.1 Å². The van der Waals surface area contributed by atoms with E-state index in [1.165, 1.54) is 23.1 Å². The number of nitrogens with two attached hydrogens (primary N) is 1. The predicted octanol–water partition coefficient (Wildman–Crippen LogP) is 2.23. The average Bonchev–Trinajstić information content (AvgIpc) is 2.89. The third kappa shape index (κ3) is 4.33. The van der Waals surface area contributed by atoms with Crippen LogP contribution in [0.15, 0.2) is 22.5 Å². The van der Waals surface area contributed by atoms with Gasteiger partial charge >= 0.3 is 0 Å². The summed E-state index contributed by atoms with van der Waals surface area (Å²) in [6.45, 7) is 1.91. The number of nitrogens with one attached hydrogen (secondary N) is 1. The van der Waals surface area contributed by atoms with Gasteiger partial charge in [0.1, 0.15) is 0 Å². The summed E-state index contributed by atoms with van der Waals surface area (Å²) < 4.78 is 0.780. The van der Waals surface area contributed by atoms with Crippen LogP contribution in [0.2, 0.25) is 0 Å². The van der Waals surface area contributed by atoms with E-state index in [2.05, 4.69) is 15.5 Å². The van der Waals surface area contributed by atoms with Crippen molar-refractivity contribution in [2.45, 2.75) is 11.3 Å². The molecule has 0 unspecified atom stereocenters. The lowest BCUT2D eigenvalue weighted by Crippen LogP contribution is -2.14. The van der Waals surface area contributed by atoms with E-state index < -0.39 is 0 Å². The smallest absolute Gasteiger partial charge is 0.234 e. The molecule has 21 heavy (non-hydrogen) atoms. The molecule has 0 aliphatic heterocycles. The van der Waals surface area contributed by atoms with Crippen molar-refractivity contribution in [3.8, 4) is 0 Å². The Morgan fingerprint density at radius 1 is 1.43 bits per heavy atom. The molecule has 0 aliphatic rings. The molecule has 0 aliphatic carbocycles. The number of carbonyl (C=O) groups excluding carboxylic acids is 1. The van der Waals surface area contributed by atoms with Crippen LogP contribution in [-0.4, -0.2) is 36.0 Å². The molecule has 0 saturated carbocycles. The SMILES string of the molecule is Cc1cc(N)ccc1NC(=O)CSc1nnc(N(C)C)s1. The van der Waals surface area contributed by atoms with E-state index in [1.54, 1.807) is 6.07 Å². The molecule has 0 saturated heterocycles. The Balaban J connectivity index is 1.89. The Morgan fingerprint density at radius 3 is 2.81 bits per heavy atom. The standard InChI is InChI=1S/C13H17N5OS2/c1-8-6-9(14)4-5-10(8)15-11(19)7-20-13-17-16-12(21-13)18(2)3/h4-6H,7,14H2,1-3H3,(H,15,19). The molecule has 0 atom stereocenters. The molecule has 0 radical (unpaired) electrons. The lowest BCUT2D eigenvalue weighted by molar-refractivity contribution is -0.113. The van der Waals surface area contributed by atoms with E-state index in [4.69, 9.17) is 5.73 Å². The summed E-state index contributed by atoms with van der Waals surface area (Å²) in [5, 5.41) is 11.8. The van der Waals surface area contributed by atoms with Crippen LogP contribution >= 0.6 is 23.1 Å². The van der Waals surface area contributed by atoms with Crippen molar-refractivity contribution in [2.75, 3.05) is 35.8 Å². The fourth-order valence-electron chi connectivity index (χ4n) is 1.58. The second-order valence-electron chi connectivity index (χ2n) is 4.66. The van der Waals surface area contributed by atoms with Crippen LogP contribution < -0.4 is 16.0 Å². The number of aryl methyl sites for hydroxylation is 1. The number of thioether (sulfide) groups is 1. The number of nitrogens with zero attached hydrogens (tertiary/aromatic N) is 3. The molecule has 6 nitrogen and oxygen atoms in total. The van der Waals surface area contributed by atoms with Crippen LogP contribution in [-0.2, 0) is 4.79 Å². The maximum absolute atomic E-state index is 11.9. The van der Waals surface area contributed by atoms with Crippen LogP contribution in [0, 0.1) is 6.92 Å². The van der Waals surface area contributed by atoms with Gasteiger partial charge in [-0.25, -0.2) is 0 Å². The summed E-state index contributed by atoms with van der Waals surface area (Å²) in [4.78, 5) is 13.8. The molecule has 1 aromatic carbocycles. The van der Waals surface area contributed by atoms with Crippen molar-refractivity contribution in [1.82, 2.24) is 10.2 Å². The van der Waals surface area contributed by atoms with E-state index >= 15 is 0 Å². The Bertz CT molecular complexity index is 641. The fraction of sp³-hybridized carbons (Fsp3) is 0.308. The molecule has 2 rings (SSSR count). The van der Waals surface area contributed by atoms with Gasteiger partial charge in [0.2, 0.25) is 11.0 Å². The van der Waals surface area contributed by atoms with Crippen molar-refractivity contribution in [3.05, 3.63) is 23.8 Å². The first kappa shape index (κ1) is 15.6. The van der Waals surface area contributed by atoms with Crippen LogP contribution in [0.25, 0.3) is 0 Å². The maximum atomic E-state index is 11.9. The summed E-state index contributed by atoms with van der Waals surface area (Å²) >= 11 is 2.84. The Hall–Kier alpha value is -1.80. The summed E-state index contributed by atoms with van der Waals surface area (Å²) in [7, 11) is 3.82. The molecular formula is C13H17N5OS2. The number of nitrogen functional groups attached to an aromatic ring is 1. The van der Waals surface area contributed by atoms with Crippen molar-refractivity contribution < 1.29 is 4.79 Å². The van der Waals surface area contributed by atoms with Gasteiger partial charge in [0.25, 0.3) is 0 Å². The van der Waals surface area contributed by atoms with Gasteiger partial charge in [0, 0.05) is 25.5 Å². The molecule has 1 aromatic heterocycles. The fourth-order valence-corrected chi connectivity index (χ4v) is 3.15. The second kappa shape index (κ2) is 6.77. The van der Waals surface area contributed by atoms with Gasteiger partial charge in [0.05, 0.1) is 5.75 Å². The predicted molar refractivity (Wildman–Crippen MR) is 89.2 cm³/mol. The van der Waals surface area contributed by atoms with E-state index in [0.717, 1.165) is 20.7 Å². The number of amides is 1. The number of anilines is 3. The largest absolute Gasteiger partial charge is 0.399 e. The molecule has 0 spiro atoms. The van der Waals surface area contributed by atoms with Crippen molar-refractivity contribution in [1.29, 1.82) is 0 Å². The molecule has 3 N–H and O–H groups in total. The minimum atomic E-state index is -0.0746. The number of hydrogen-bond donors (Lipinski definition) is 2. The van der Waals surface area contributed by atoms with Gasteiger partial charge < -0.3 is 16.0 Å². The normalized spacial score (nSPS) is 10.4. The van der Waals surface area contributed by atoms with Gasteiger partial charge in [-0.3, -0.25) is 4.79 Å². The van der Waals surface area contributed by atoms with Gasteiger partial charge in [-0.05, 0) is 30.7 Å². The highest BCUT2D eigenvalue weighted by Gasteiger charge is 2.10. The lowest BCUT2D eigenvalue weighted by Gasteiger charge is -2.08. The maximum Gasteiger partial charge on any atom is 0.234 e. The van der Waals surface area contributed by atoms with Crippen LogP contribution in [0.1, 0.15) is 5.56 Å². The third-order valence-electron chi connectivity index (χ3n) is 2.63. The number of carbonyl (C=O) groups is 1. The van der Waals surface area contributed by atoms with E-state index in [9.17, 15) is 4.79 Å². The Morgan fingerprint density at radius 2 is 2.19 bits per heavy atom. The molecule has 1 heterocycles. The van der Waals surface area contributed by atoms with Gasteiger partial charge in [-0.15, -0.1) is 10.2 Å². The third-order valence-corrected chi connectivity index (χ3v) is 4.85. The zero-order valence-electron chi connectivity index (χ0n) is 12.1. The number of hydrogen-bond acceptors (Lipinski definition) is 7. The summed E-state index contributed by atoms with van der Waals surface area (Å²) in [5.41, 5.74) is 8.09. The summed E-state index contributed by atoms with van der Waals surface area (Å²) in [5.74, 6) is 0.223. The first-order chi connectivity index (χ1) is 9.95. The van der Waals surface area contributed by atoms with Crippen LogP contribution in [0.4, 0.5) is 16.5 Å². The van der Waals surface area contributed by atoms with Crippen LogP contribution in [0.5, 0.6) is 0 Å². The number of aromatic nitrogens is 2. The lowest BCUT2D eigenvalue weighted by atomic mass is 10.2. The summed E-state index contributed by atoms with van der Waals surface area (Å²) in [6.07, 6.45) is 0. The van der Waals surface area contributed by atoms with E-state index in [1.807, 2.05) is 38.1 Å². The quantitative estimate of drug-likeness (QED) is 0.648. The molecule has 0 bridgehead atoms. The van der Waals surface area contributed by atoms with Crippen molar-refractivity contribution in [3.63, 3.8) is 0 Å². The zero-order valence-corrected chi connectivity index (χ0v) is 13.7. The van der Waals surface area contributed by atoms with Crippen molar-refractivity contribution >= 4 is 45.5 Å². The monoisotopic (exact) mass is 323 g/mol. The Labute approximate surface area is 131 Å². The molecule has 112 valence electrons.